The monoisotopic (exact) mass is 496 g/mol. The zero-order chi connectivity index (χ0) is 25.2. The van der Waals surface area contributed by atoms with E-state index in [1.807, 2.05) is 19.1 Å². The summed E-state index contributed by atoms with van der Waals surface area (Å²) in [6.07, 6.45) is 2.15. The molecule has 0 saturated heterocycles. The van der Waals surface area contributed by atoms with Crippen molar-refractivity contribution >= 4 is 46.9 Å². The van der Waals surface area contributed by atoms with E-state index in [0.717, 1.165) is 18.1 Å². The van der Waals surface area contributed by atoms with Crippen molar-refractivity contribution < 1.29 is 23.5 Å². The summed E-state index contributed by atoms with van der Waals surface area (Å²) in [7, 11) is 0. The molecule has 0 aliphatic heterocycles. The van der Waals surface area contributed by atoms with E-state index >= 15 is 0 Å². The number of carbonyl (C=O) groups is 3. The molecular formula is C25H22ClFN4O4. The number of rotatable bonds is 8. The molecule has 0 aliphatic carbocycles. The summed E-state index contributed by atoms with van der Waals surface area (Å²) >= 11 is 5.71. The van der Waals surface area contributed by atoms with E-state index < -0.39 is 23.5 Å². The number of amides is 3. The van der Waals surface area contributed by atoms with Crippen LogP contribution in [0, 0.1) is 5.82 Å². The molecule has 3 aromatic rings. The van der Waals surface area contributed by atoms with Crippen molar-refractivity contribution in [2.45, 2.75) is 13.3 Å². The van der Waals surface area contributed by atoms with Crippen LogP contribution in [-0.2, 0) is 20.8 Å². The van der Waals surface area contributed by atoms with E-state index in [1.165, 1.54) is 18.3 Å². The lowest BCUT2D eigenvalue weighted by atomic mass is 10.1. The van der Waals surface area contributed by atoms with E-state index in [0.29, 0.717) is 22.7 Å². The minimum Gasteiger partial charge on any atom is -0.483 e. The van der Waals surface area contributed by atoms with Crippen molar-refractivity contribution in [2.75, 3.05) is 17.2 Å². The minimum absolute atomic E-state index is 0.115. The summed E-state index contributed by atoms with van der Waals surface area (Å²) in [6, 6.07) is 17.6. The Balaban J connectivity index is 1.52. The molecule has 10 heteroatoms. The maximum Gasteiger partial charge on any atom is 0.329 e. The molecule has 0 heterocycles. The zero-order valence-corrected chi connectivity index (χ0v) is 19.4. The topological polar surface area (TPSA) is 109 Å². The van der Waals surface area contributed by atoms with Crippen LogP contribution in [0.5, 0.6) is 5.75 Å². The molecular weight excluding hydrogens is 475 g/mol. The lowest BCUT2D eigenvalue weighted by molar-refractivity contribution is -0.136. The number of halogens is 2. The van der Waals surface area contributed by atoms with Crippen LogP contribution in [0.3, 0.4) is 0 Å². The summed E-state index contributed by atoms with van der Waals surface area (Å²) in [5.41, 5.74) is 4.53. The smallest absolute Gasteiger partial charge is 0.329 e. The first-order chi connectivity index (χ1) is 16.9. The fourth-order valence-corrected chi connectivity index (χ4v) is 3.04. The third-order valence-electron chi connectivity index (χ3n) is 4.68. The van der Waals surface area contributed by atoms with Crippen LogP contribution in [-0.4, -0.2) is 30.5 Å². The van der Waals surface area contributed by atoms with Gasteiger partial charge in [-0.3, -0.25) is 14.4 Å². The van der Waals surface area contributed by atoms with Crippen LogP contribution in [0.1, 0.15) is 18.1 Å². The molecule has 0 atom stereocenters. The summed E-state index contributed by atoms with van der Waals surface area (Å²) in [5, 5.41) is 8.71. The fraction of sp³-hybridized carbons (Fsp3) is 0.120. The SMILES string of the molecule is CCc1ccc(NC(=O)C(=O)N/N=C\c2ccccc2OCC(=O)Nc2ccc(F)c(Cl)c2)cc1. The third kappa shape index (κ3) is 7.65. The Morgan fingerprint density at radius 1 is 0.971 bits per heavy atom. The Kier molecular flexibility index (Phi) is 8.91. The minimum atomic E-state index is -0.948. The Bertz CT molecular complexity index is 1250. The van der Waals surface area contributed by atoms with Gasteiger partial charge in [0.15, 0.2) is 6.61 Å². The number of nitrogens with zero attached hydrogens (tertiary/aromatic N) is 1. The van der Waals surface area contributed by atoms with Crippen molar-refractivity contribution in [1.82, 2.24) is 5.43 Å². The van der Waals surface area contributed by atoms with Crippen molar-refractivity contribution in [3.8, 4) is 5.75 Å². The number of carbonyl (C=O) groups excluding carboxylic acids is 3. The van der Waals surface area contributed by atoms with E-state index in [-0.39, 0.29) is 11.6 Å². The number of ether oxygens (including phenoxy) is 1. The Hall–Kier alpha value is -4.24. The summed E-state index contributed by atoms with van der Waals surface area (Å²) in [4.78, 5) is 36.2. The number of nitrogens with one attached hydrogen (secondary N) is 3. The molecule has 0 radical (unpaired) electrons. The lowest BCUT2D eigenvalue weighted by Gasteiger charge is -2.10. The quantitative estimate of drug-likeness (QED) is 0.247. The first-order valence-electron chi connectivity index (χ1n) is 10.6. The zero-order valence-electron chi connectivity index (χ0n) is 18.7. The molecule has 35 heavy (non-hydrogen) atoms. The normalized spacial score (nSPS) is 10.6. The lowest BCUT2D eigenvalue weighted by Crippen LogP contribution is -2.32. The number of benzene rings is 3. The highest BCUT2D eigenvalue weighted by Gasteiger charge is 2.13. The number of para-hydroxylation sites is 1. The van der Waals surface area contributed by atoms with E-state index in [1.54, 1.807) is 36.4 Å². The number of hydrogen-bond acceptors (Lipinski definition) is 5. The molecule has 0 unspecified atom stereocenters. The van der Waals surface area contributed by atoms with Crippen LogP contribution in [0.4, 0.5) is 15.8 Å². The molecule has 0 fully saturated rings. The van der Waals surface area contributed by atoms with Crippen molar-refractivity contribution in [2.24, 2.45) is 5.10 Å². The van der Waals surface area contributed by atoms with E-state index in [9.17, 15) is 18.8 Å². The average molecular weight is 497 g/mol. The standard InChI is InChI=1S/C25H22ClFN4O4/c1-2-16-7-9-18(10-8-16)30-24(33)25(34)31-28-14-17-5-3-4-6-22(17)35-15-23(32)29-19-11-12-21(27)20(26)13-19/h3-14H,2,15H2,1H3,(H,29,32)(H,30,33)(H,31,34)/b28-14-. The largest absolute Gasteiger partial charge is 0.483 e. The molecule has 180 valence electrons. The molecule has 0 bridgehead atoms. The molecule has 3 N–H and O–H groups in total. The van der Waals surface area contributed by atoms with Gasteiger partial charge in [0.2, 0.25) is 0 Å². The first-order valence-corrected chi connectivity index (χ1v) is 10.9. The van der Waals surface area contributed by atoms with Gasteiger partial charge in [-0.2, -0.15) is 5.10 Å². The van der Waals surface area contributed by atoms with Crippen molar-refractivity contribution in [3.05, 3.63) is 88.7 Å². The van der Waals surface area contributed by atoms with Gasteiger partial charge in [0.05, 0.1) is 11.2 Å². The number of hydrazone groups is 1. The highest BCUT2D eigenvalue weighted by Crippen LogP contribution is 2.20. The number of hydrogen-bond donors (Lipinski definition) is 3. The molecule has 8 nitrogen and oxygen atoms in total. The van der Waals surface area contributed by atoms with Gasteiger partial charge in [0.25, 0.3) is 5.91 Å². The van der Waals surface area contributed by atoms with Gasteiger partial charge in [0, 0.05) is 16.9 Å². The number of aryl methyl sites for hydroxylation is 1. The average Bonchev–Trinajstić information content (AvgIpc) is 2.86. The predicted octanol–water partition coefficient (Wildman–Crippen LogP) is 4.15. The van der Waals surface area contributed by atoms with E-state index in [4.69, 9.17) is 16.3 Å². The second kappa shape index (κ2) is 12.3. The maximum absolute atomic E-state index is 13.2. The van der Waals surface area contributed by atoms with Crippen molar-refractivity contribution in [3.63, 3.8) is 0 Å². The molecule has 3 aromatic carbocycles. The maximum atomic E-state index is 13.2. The molecule has 0 saturated carbocycles. The third-order valence-corrected chi connectivity index (χ3v) is 4.97. The summed E-state index contributed by atoms with van der Waals surface area (Å²) in [5.74, 6) is -2.58. The van der Waals surface area contributed by atoms with Gasteiger partial charge in [-0.05, 0) is 54.4 Å². The Morgan fingerprint density at radius 2 is 1.69 bits per heavy atom. The van der Waals surface area contributed by atoms with Crippen LogP contribution in [0.25, 0.3) is 0 Å². The van der Waals surface area contributed by atoms with Gasteiger partial charge in [-0.15, -0.1) is 0 Å². The second-order valence-electron chi connectivity index (χ2n) is 7.21. The Morgan fingerprint density at radius 3 is 2.40 bits per heavy atom. The highest BCUT2D eigenvalue weighted by molar-refractivity contribution is 6.39. The second-order valence-corrected chi connectivity index (χ2v) is 7.61. The van der Waals surface area contributed by atoms with Gasteiger partial charge < -0.3 is 15.4 Å². The summed E-state index contributed by atoms with van der Waals surface area (Å²) in [6.45, 7) is 1.67. The molecule has 3 amide bonds. The molecule has 0 aliphatic rings. The van der Waals surface area contributed by atoms with Gasteiger partial charge >= 0.3 is 11.8 Å². The molecule has 0 aromatic heterocycles. The molecule has 0 spiro atoms. The first kappa shape index (κ1) is 25.4. The van der Waals surface area contributed by atoms with Crippen LogP contribution >= 0.6 is 11.6 Å². The van der Waals surface area contributed by atoms with Gasteiger partial charge in [-0.25, -0.2) is 9.82 Å². The van der Waals surface area contributed by atoms with E-state index in [2.05, 4.69) is 21.2 Å². The predicted molar refractivity (Wildman–Crippen MR) is 132 cm³/mol. The van der Waals surface area contributed by atoms with Crippen LogP contribution in [0.2, 0.25) is 5.02 Å². The van der Waals surface area contributed by atoms with Gasteiger partial charge in [-0.1, -0.05) is 42.8 Å². The highest BCUT2D eigenvalue weighted by atomic mass is 35.5. The van der Waals surface area contributed by atoms with Crippen molar-refractivity contribution in [1.29, 1.82) is 0 Å². The van der Waals surface area contributed by atoms with Crippen LogP contribution in [0.15, 0.2) is 71.8 Å². The van der Waals surface area contributed by atoms with Crippen LogP contribution < -0.4 is 20.8 Å². The number of anilines is 2. The van der Waals surface area contributed by atoms with Gasteiger partial charge in [0.1, 0.15) is 11.6 Å². The Labute approximate surface area is 206 Å². The molecule has 3 rings (SSSR count). The fourth-order valence-electron chi connectivity index (χ4n) is 2.86. The summed E-state index contributed by atoms with van der Waals surface area (Å²) < 4.78 is 18.8.